The molecular weight excluding hydrogens is 172 g/mol. The zero-order valence-corrected chi connectivity index (χ0v) is 10.1. The van der Waals surface area contributed by atoms with E-state index in [2.05, 4.69) is 44.3 Å². The van der Waals surface area contributed by atoms with E-state index in [1.165, 1.54) is 0 Å². The third-order valence-corrected chi connectivity index (χ3v) is 2.20. The number of hydrogen-bond donors (Lipinski definition) is 0. The molecule has 0 unspecified atom stereocenters. The summed E-state index contributed by atoms with van der Waals surface area (Å²) in [7, 11) is -1.26. The average molecular weight is 190 g/mol. The number of rotatable bonds is 2. The minimum atomic E-state index is -1.26. The molecule has 0 saturated heterocycles. The summed E-state index contributed by atoms with van der Waals surface area (Å²) in [4.78, 5) is 0. The lowest BCUT2D eigenvalue weighted by Crippen LogP contribution is -2.16. The Kier molecular flexibility index (Phi) is 4.51. The second kappa shape index (κ2) is 4.89. The molecule has 0 bridgehead atoms. The zero-order valence-electron chi connectivity index (χ0n) is 9.07. The lowest BCUT2D eigenvalue weighted by atomic mass is 10.2. The van der Waals surface area contributed by atoms with Gasteiger partial charge >= 0.3 is 0 Å². The molecular formula is C12H18Si. The van der Waals surface area contributed by atoms with E-state index in [4.69, 9.17) is 0 Å². The predicted octanol–water partition coefficient (Wildman–Crippen LogP) is 3.56. The fourth-order valence-corrected chi connectivity index (χ4v) is 1.17. The van der Waals surface area contributed by atoms with Gasteiger partial charge in [-0.15, -0.1) is 5.54 Å². The van der Waals surface area contributed by atoms with Crippen LogP contribution >= 0.6 is 0 Å². The van der Waals surface area contributed by atoms with Gasteiger partial charge in [0.1, 0.15) is 8.07 Å². The molecule has 0 radical (unpaired) electrons. The van der Waals surface area contributed by atoms with E-state index in [0.29, 0.717) is 0 Å². The van der Waals surface area contributed by atoms with Crippen molar-refractivity contribution in [3.8, 4) is 11.5 Å². The minimum absolute atomic E-state index is 0.875. The van der Waals surface area contributed by atoms with E-state index in [0.717, 1.165) is 11.1 Å². The van der Waals surface area contributed by atoms with Gasteiger partial charge in [0.15, 0.2) is 0 Å². The standard InChI is InChI=1S/C12H18Si/c1-7-11(2)10-12(3)8-9-13(4,5)6/h7,10H,1,3H2,2,4-6H3. The van der Waals surface area contributed by atoms with E-state index in [1.807, 2.05) is 13.0 Å². The van der Waals surface area contributed by atoms with Crippen LogP contribution in [0.5, 0.6) is 0 Å². The van der Waals surface area contributed by atoms with Gasteiger partial charge in [-0.1, -0.05) is 50.4 Å². The lowest BCUT2D eigenvalue weighted by molar-refractivity contribution is 1.52. The fourth-order valence-electron chi connectivity index (χ4n) is 0.638. The Morgan fingerprint density at radius 3 is 2.23 bits per heavy atom. The molecule has 0 aromatic carbocycles. The molecule has 0 saturated carbocycles. The van der Waals surface area contributed by atoms with Crippen LogP contribution in [0.4, 0.5) is 0 Å². The molecule has 0 N–H and O–H groups in total. The normalized spacial score (nSPS) is 11.5. The van der Waals surface area contributed by atoms with Crippen molar-refractivity contribution in [3.05, 3.63) is 36.5 Å². The second-order valence-corrected chi connectivity index (χ2v) is 8.87. The van der Waals surface area contributed by atoms with Crippen molar-refractivity contribution in [1.82, 2.24) is 0 Å². The monoisotopic (exact) mass is 190 g/mol. The molecule has 0 amide bonds. The minimum Gasteiger partial charge on any atom is -0.127 e. The van der Waals surface area contributed by atoms with Gasteiger partial charge in [-0.3, -0.25) is 0 Å². The molecule has 70 valence electrons. The fraction of sp³-hybridized carbons (Fsp3) is 0.333. The van der Waals surface area contributed by atoms with Crippen molar-refractivity contribution in [2.75, 3.05) is 0 Å². The van der Waals surface area contributed by atoms with Crippen LogP contribution in [0.3, 0.4) is 0 Å². The number of allylic oxidation sites excluding steroid dienone is 4. The molecule has 0 spiro atoms. The average Bonchev–Trinajstić information content (AvgIpc) is 1.99. The topological polar surface area (TPSA) is 0 Å². The predicted molar refractivity (Wildman–Crippen MR) is 64.2 cm³/mol. The highest BCUT2D eigenvalue weighted by Crippen LogP contribution is 2.02. The Labute approximate surface area is 83.1 Å². The van der Waals surface area contributed by atoms with Gasteiger partial charge in [0.2, 0.25) is 0 Å². The highest BCUT2D eigenvalue weighted by Gasteiger charge is 2.07. The Hall–Kier alpha value is -1.00. The zero-order chi connectivity index (χ0) is 10.5. The van der Waals surface area contributed by atoms with Gasteiger partial charge in [-0.25, -0.2) is 0 Å². The van der Waals surface area contributed by atoms with E-state index >= 15 is 0 Å². The summed E-state index contributed by atoms with van der Waals surface area (Å²) in [5.41, 5.74) is 5.24. The van der Waals surface area contributed by atoms with Gasteiger partial charge in [-0.05, 0) is 13.0 Å². The molecule has 0 aliphatic rings. The summed E-state index contributed by atoms with van der Waals surface area (Å²) in [6, 6.07) is 0. The first-order chi connectivity index (χ1) is 5.85. The lowest BCUT2D eigenvalue weighted by Gasteiger charge is -2.03. The first-order valence-electron chi connectivity index (χ1n) is 4.38. The number of hydrogen-bond acceptors (Lipinski definition) is 0. The summed E-state index contributed by atoms with van der Waals surface area (Å²) >= 11 is 0. The van der Waals surface area contributed by atoms with Gasteiger partial charge < -0.3 is 0 Å². The Morgan fingerprint density at radius 2 is 1.85 bits per heavy atom. The van der Waals surface area contributed by atoms with Crippen LogP contribution in [0.15, 0.2) is 36.5 Å². The largest absolute Gasteiger partial charge is 0.129 e. The molecule has 0 fully saturated rings. The Balaban J connectivity index is 4.47. The second-order valence-electron chi connectivity index (χ2n) is 4.12. The molecule has 1 heteroatoms. The van der Waals surface area contributed by atoms with E-state index in [-0.39, 0.29) is 0 Å². The molecule has 0 nitrogen and oxygen atoms in total. The van der Waals surface area contributed by atoms with Crippen LogP contribution in [0, 0.1) is 11.5 Å². The van der Waals surface area contributed by atoms with Crippen molar-refractivity contribution in [3.63, 3.8) is 0 Å². The van der Waals surface area contributed by atoms with Gasteiger partial charge in [0, 0.05) is 5.57 Å². The summed E-state index contributed by atoms with van der Waals surface area (Å²) in [5.74, 6) is 3.08. The quantitative estimate of drug-likeness (QED) is 0.355. The van der Waals surface area contributed by atoms with Crippen molar-refractivity contribution < 1.29 is 0 Å². The highest BCUT2D eigenvalue weighted by atomic mass is 28.3. The van der Waals surface area contributed by atoms with Gasteiger partial charge in [0.25, 0.3) is 0 Å². The van der Waals surface area contributed by atoms with E-state index in [9.17, 15) is 0 Å². The van der Waals surface area contributed by atoms with Crippen molar-refractivity contribution in [1.29, 1.82) is 0 Å². The first kappa shape index (κ1) is 12.0. The smallest absolute Gasteiger partial charge is 0.127 e. The van der Waals surface area contributed by atoms with Crippen LogP contribution in [-0.2, 0) is 0 Å². The summed E-state index contributed by atoms with van der Waals surface area (Å²) in [5, 5.41) is 0. The van der Waals surface area contributed by atoms with Gasteiger partial charge in [-0.2, -0.15) is 0 Å². The van der Waals surface area contributed by atoms with Crippen LogP contribution in [0.2, 0.25) is 19.6 Å². The molecule has 0 aromatic heterocycles. The van der Waals surface area contributed by atoms with Crippen LogP contribution in [0.1, 0.15) is 6.92 Å². The van der Waals surface area contributed by atoms with Crippen molar-refractivity contribution in [2.24, 2.45) is 0 Å². The summed E-state index contributed by atoms with van der Waals surface area (Å²) in [6.07, 6.45) is 3.77. The SMILES string of the molecule is C=CC(C)=CC(=C)C#C[Si](C)(C)C. The van der Waals surface area contributed by atoms with Crippen LogP contribution in [-0.4, -0.2) is 8.07 Å². The highest BCUT2D eigenvalue weighted by molar-refractivity contribution is 6.83. The van der Waals surface area contributed by atoms with Gasteiger partial charge in [0.05, 0.1) is 0 Å². The molecule has 0 heterocycles. The van der Waals surface area contributed by atoms with Crippen LogP contribution in [0.25, 0.3) is 0 Å². The maximum atomic E-state index is 3.87. The van der Waals surface area contributed by atoms with Crippen molar-refractivity contribution >= 4 is 8.07 Å². The third-order valence-electron chi connectivity index (χ3n) is 1.32. The van der Waals surface area contributed by atoms with E-state index in [1.54, 1.807) is 6.08 Å². The molecule has 0 aliphatic heterocycles. The Morgan fingerprint density at radius 1 is 1.31 bits per heavy atom. The Bertz CT molecular complexity index is 289. The first-order valence-corrected chi connectivity index (χ1v) is 7.88. The molecule has 13 heavy (non-hydrogen) atoms. The van der Waals surface area contributed by atoms with Crippen molar-refractivity contribution in [2.45, 2.75) is 26.6 Å². The molecule has 0 aliphatic carbocycles. The molecule has 0 atom stereocenters. The summed E-state index contributed by atoms with van der Waals surface area (Å²) < 4.78 is 0. The summed E-state index contributed by atoms with van der Waals surface area (Å²) in [6.45, 7) is 16.2. The van der Waals surface area contributed by atoms with Crippen LogP contribution < -0.4 is 0 Å². The third kappa shape index (κ3) is 7.36. The molecule has 0 aromatic rings. The molecule has 0 rings (SSSR count). The maximum absolute atomic E-state index is 3.87. The maximum Gasteiger partial charge on any atom is 0.129 e. The van der Waals surface area contributed by atoms with E-state index < -0.39 is 8.07 Å².